The highest BCUT2D eigenvalue weighted by molar-refractivity contribution is 9.10. The third-order valence-electron chi connectivity index (χ3n) is 4.16. The van der Waals surface area contributed by atoms with Gasteiger partial charge in [0, 0.05) is 21.4 Å². The van der Waals surface area contributed by atoms with Gasteiger partial charge in [0.05, 0.1) is 21.5 Å². The summed E-state index contributed by atoms with van der Waals surface area (Å²) in [6.07, 6.45) is 1.57. The normalized spacial score (nSPS) is 11.7. The Kier molecular flexibility index (Phi) is 4.75. The predicted octanol–water partition coefficient (Wildman–Crippen LogP) is 5.56. The van der Waals surface area contributed by atoms with E-state index in [-0.39, 0.29) is 5.56 Å². The van der Waals surface area contributed by atoms with Gasteiger partial charge in [-0.15, -0.1) is 0 Å². The van der Waals surface area contributed by atoms with Crippen molar-refractivity contribution in [2.75, 3.05) is 0 Å². The van der Waals surface area contributed by atoms with Crippen molar-refractivity contribution in [2.24, 2.45) is 4.99 Å². The minimum Gasteiger partial charge on any atom is -0.295 e. The molecule has 0 aliphatic heterocycles. The van der Waals surface area contributed by atoms with Crippen LogP contribution in [0.3, 0.4) is 0 Å². The summed E-state index contributed by atoms with van der Waals surface area (Å²) in [6.45, 7) is 3.81. The summed E-state index contributed by atoms with van der Waals surface area (Å²) in [4.78, 5) is 21.7. The monoisotopic (exact) mass is 460 g/mol. The number of benzene rings is 2. The lowest BCUT2D eigenvalue weighted by atomic mass is 10.2. The molecule has 2 heterocycles. The maximum Gasteiger partial charge on any atom is 0.280 e. The maximum absolute atomic E-state index is 12.9. The largest absolute Gasteiger partial charge is 0.295 e. The van der Waals surface area contributed by atoms with E-state index in [2.05, 4.69) is 31.0 Å². The second-order valence-electron chi connectivity index (χ2n) is 6.09. The highest BCUT2D eigenvalue weighted by Crippen LogP contribution is 2.30. The molecule has 27 heavy (non-hydrogen) atoms. The summed E-state index contributed by atoms with van der Waals surface area (Å²) in [5.74, 6) is 0. The zero-order valence-corrected chi connectivity index (χ0v) is 17.6. The average molecular weight is 462 g/mol. The fourth-order valence-electron chi connectivity index (χ4n) is 2.81. The fourth-order valence-corrected chi connectivity index (χ4v) is 4.37. The summed E-state index contributed by atoms with van der Waals surface area (Å²) >= 11 is 10.9. The van der Waals surface area contributed by atoms with Crippen molar-refractivity contribution in [1.82, 2.24) is 14.8 Å². The molecule has 4 aromatic rings. The van der Waals surface area contributed by atoms with Crippen LogP contribution in [0.4, 0.5) is 5.13 Å². The number of aliphatic imine (C=N–C) groups is 1. The molecule has 0 spiro atoms. The minimum atomic E-state index is -0.147. The lowest BCUT2D eigenvalue weighted by Crippen LogP contribution is -2.18. The zero-order chi connectivity index (χ0) is 19.1. The molecule has 2 aromatic heterocycles. The van der Waals surface area contributed by atoms with Gasteiger partial charge in [-0.2, -0.15) is 0 Å². The second kappa shape index (κ2) is 7.07. The van der Waals surface area contributed by atoms with Crippen LogP contribution in [0, 0.1) is 13.8 Å². The number of fused-ring (bicyclic) bond motifs is 1. The van der Waals surface area contributed by atoms with Gasteiger partial charge < -0.3 is 0 Å². The number of rotatable bonds is 3. The van der Waals surface area contributed by atoms with Crippen LogP contribution < -0.4 is 5.56 Å². The van der Waals surface area contributed by atoms with Gasteiger partial charge in [-0.3, -0.25) is 9.89 Å². The Morgan fingerprint density at radius 2 is 2.07 bits per heavy atom. The van der Waals surface area contributed by atoms with Gasteiger partial charge >= 0.3 is 0 Å². The first-order chi connectivity index (χ1) is 12.9. The Morgan fingerprint density at radius 3 is 2.85 bits per heavy atom. The number of H-pyrrole nitrogens is 1. The van der Waals surface area contributed by atoms with Crippen molar-refractivity contribution in [3.63, 3.8) is 0 Å². The first-order valence-electron chi connectivity index (χ1n) is 8.10. The van der Waals surface area contributed by atoms with Crippen LogP contribution in [-0.4, -0.2) is 21.0 Å². The Balaban J connectivity index is 1.72. The Hall–Kier alpha value is -2.22. The minimum absolute atomic E-state index is 0.147. The topological polar surface area (TPSA) is 63.0 Å². The van der Waals surface area contributed by atoms with Gasteiger partial charge in [0.2, 0.25) is 5.13 Å². The van der Waals surface area contributed by atoms with E-state index in [1.54, 1.807) is 12.3 Å². The van der Waals surface area contributed by atoms with E-state index < -0.39 is 0 Å². The molecule has 8 heteroatoms. The van der Waals surface area contributed by atoms with Crippen LogP contribution in [-0.2, 0) is 0 Å². The molecule has 0 amide bonds. The van der Waals surface area contributed by atoms with E-state index in [1.807, 2.05) is 44.2 Å². The summed E-state index contributed by atoms with van der Waals surface area (Å²) < 4.78 is 3.47. The highest BCUT2D eigenvalue weighted by atomic mass is 79.9. The molecule has 0 saturated heterocycles. The van der Waals surface area contributed by atoms with Crippen molar-refractivity contribution in [2.45, 2.75) is 13.8 Å². The lowest BCUT2D eigenvalue weighted by Gasteiger charge is -2.06. The van der Waals surface area contributed by atoms with Gasteiger partial charge in [0.15, 0.2) is 0 Å². The van der Waals surface area contributed by atoms with Crippen LogP contribution in [0.2, 0.25) is 5.02 Å². The number of hydrogen-bond acceptors (Lipinski definition) is 4. The van der Waals surface area contributed by atoms with Crippen LogP contribution in [0.25, 0.3) is 15.9 Å². The number of halogens is 2. The Labute approximate surface area is 172 Å². The summed E-state index contributed by atoms with van der Waals surface area (Å²) in [6, 6.07) is 11.3. The Bertz CT molecular complexity index is 1250. The molecule has 0 bridgehead atoms. The van der Waals surface area contributed by atoms with Gasteiger partial charge in [0.1, 0.15) is 0 Å². The van der Waals surface area contributed by atoms with Crippen molar-refractivity contribution >= 4 is 60.4 Å². The van der Waals surface area contributed by atoms with E-state index in [0.29, 0.717) is 15.7 Å². The lowest BCUT2D eigenvalue weighted by molar-refractivity contribution is 0.828. The smallest absolute Gasteiger partial charge is 0.280 e. The molecule has 5 nitrogen and oxygen atoms in total. The average Bonchev–Trinajstić information content (AvgIpc) is 3.13. The van der Waals surface area contributed by atoms with E-state index in [9.17, 15) is 4.79 Å². The maximum atomic E-state index is 12.9. The number of nitrogens with zero attached hydrogens (tertiary/aromatic N) is 3. The number of aromatic nitrogens is 3. The fraction of sp³-hybridized carbons (Fsp3) is 0.105. The molecule has 136 valence electrons. The van der Waals surface area contributed by atoms with Crippen molar-refractivity contribution < 1.29 is 0 Å². The van der Waals surface area contributed by atoms with Crippen molar-refractivity contribution in [1.29, 1.82) is 0 Å². The number of aryl methyl sites for hydroxylation is 2. The zero-order valence-electron chi connectivity index (χ0n) is 14.5. The molecule has 0 aliphatic rings. The highest BCUT2D eigenvalue weighted by Gasteiger charge is 2.13. The first kappa shape index (κ1) is 18.2. The standard InChI is InChI=1S/C19H14BrClN4OS/c1-10-7-12(20)3-6-16(10)25-18(26)14(11(2)24-25)9-22-19-23-15-5-4-13(21)8-17(15)27-19/h3-9,24H,1-2H3. The molecular weight excluding hydrogens is 448 g/mol. The molecule has 4 rings (SSSR count). The molecule has 0 saturated carbocycles. The van der Waals surface area contributed by atoms with E-state index in [4.69, 9.17) is 11.6 Å². The van der Waals surface area contributed by atoms with Crippen molar-refractivity contribution in [3.05, 3.63) is 73.1 Å². The number of hydrogen-bond donors (Lipinski definition) is 1. The first-order valence-corrected chi connectivity index (χ1v) is 10.1. The van der Waals surface area contributed by atoms with Crippen LogP contribution >= 0.6 is 38.9 Å². The molecule has 0 unspecified atom stereocenters. The molecule has 0 fully saturated rings. The van der Waals surface area contributed by atoms with Crippen LogP contribution in [0.15, 0.2) is 50.7 Å². The molecular formula is C19H14BrClN4OS. The van der Waals surface area contributed by atoms with Crippen LogP contribution in [0.1, 0.15) is 16.8 Å². The van der Waals surface area contributed by atoms with Gasteiger partial charge in [-0.1, -0.05) is 38.9 Å². The third kappa shape index (κ3) is 3.50. The van der Waals surface area contributed by atoms with Crippen molar-refractivity contribution in [3.8, 4) is 5.69 Å². The predicted molar refractivity (Wildman–Crippen MR) is 115 cm³/mol. The second-order valence-corrected chi connectivity index (χ2v) is 8.45. The van der Waals surface area contributed by atoms with E-state index >= 15 is 0 Å². The van der Waals surface area contributed by atoms with Gasteiger partial charge in [-0.25, -0.2) is 14.7 Å². The molecule has 2 aromatic carbocycles. The Morgan fingerprint density at radius 1 is 1.26 bits per heavy atom. The number of nitrogens with one attached hydrogen (secondary N) is 1. The number of aromatic amines is 1. The summed E-state index contributed by atoms with van der Waals surface area (Å²) in [5.41, 5.74) is 3.74. The summed E-state index contributed by atoms with van der Waals surface area (Å²) in [5, 5.41) is 4.37. The SMILES string of the molecule is Cc1cc(Br)ccc1-n1[nH]c(C)c(C=Nc2nc3ccc(Cl)cc3s2)c1=O. The molecule has 1 N–H and O–H groups in total. The van der Waals surface area contributed by atoms with Gasteiger partial charge in [0.25, 0.3) is 5.56 Å². The quantitative estimate of drug-likeness (QED) is 0.406. The number of thiazole rings is 1. The van der Waals surface area contributed by atoms with E-state index in [1.165, 1.54) is 16.0 Å². The molecule has 0 radical (unpaired) electrons. The molecule has 0 atom stereocenters. The van der Waals surface area contributed by atoms with Gasteiger partial charge in [-0.05, 0) is 55.8 Å². The molecule has 0 aliphatic carbocycles. The summed E-state index contributed by atoms with van der Waals surface area (Å²) in [7, 11) is 0. The van der Waals surface area contributed by atoms with E-state index in [0.717, 1.165) is 31.6 Å². The van der Waals surface area contributed by atoms with Crippen LogP contribution in [0.5, 0.6) is 0 Å². The third-order valence-corrected chi connectivity index (χ3v) is 5.81.